The maximum atomic E-state index is 15.7. The molecule has 0 saturated carbocycles. The predicted octanol–water partition coefficient (Wildman–Crippen LogP) is 4.05. The Bertz CT molecular complexity index is 1030. The van der Waals surface area contributed by atoms with Gasteiger partial charge in [-0.1, -0.05) is 12.1 Å². The van der Waals surface area contributed by atoms with Crippen LogP contribution in [0.1, 0.15) is 50.0 Å². The molecule has 0 aliphatic carbocycles. The molecule has 1 amide bonds. The molecule has 4 rings (SSSR count). The number of carbonyl (C=O) groups excluding carboxylic acids is 1. The minimum atomic E-state index is -3.12. The van der Waals surface area contributed by atoms with Gasteiger partial charge in [-0.25, -0.2) is 0 Å². The van der Waals surface area contributed by atoms with E-state index >= 15 is 4.11 Å². The van der Waals surface area contributed by atoms with Crippen molar-refractivity contribution in [3.8, 4) is 5.75 Å². The quantitative estimate of drug-likeness (QED) is 0.409. The average molecular weight is 505 g/mol. The fourth-order valence-electron chi connectivity index (χ4n) is 5.46. The molecule has 1 N–H and O–H groups in total. The number of aliphatic hydroxyl groups excluding tert-OH is 1. The first-order chi connectivity index (χ1) is 16.7. The standard InChI is InChI=1S/C25H37FN4O4Si/c1-17-24(33-2)20-15-19(30-12-6-5-7-23(30)32)8-9-21(20)34-25(17)22(35(3,4)26)10-13-29-16-18(11-14-31)27-28-29/h8-9,15-17,22,24-25,31H,5-7,10-14H2,1-4H3/t17-,22?,24-,25-/m0/s1. The second-order valence-corrected chi connectivity index (χ2v) is 14.1. The van der Waals surface area contributed by atoms with Gasteiger partial charge < -0.3 is 23.6 Å². The first kappa shape index (κ1) is 25.8. The summed E-state index contributed by atoms with van der Waals surface area (Å²) in [6.45, 7) is 6.78. The minimum absolute atomic E-state index is 0.0185. The lowest BCUT2D eigenvalue weighted by molar-refractivity contribution is -0.119. The Labute approximate surface area is 207 Å². The Kier molecular flexibility index (Phi) is 7.92. The van der Waals surface area contributed by atoms with Crippen LogP contribution in [0.4, 0.5) is 9.80 Å². The molecule has 2 aliphatic rings. The Morgan fingerprint density at radius 2 is 2.14 bits per heavy atom. The van der Waals surface area contributed by atoms with Crippen LogP contribution in [-0.4, -0.2) is 60.8 Å². The lowest BCUT2D eigenvalue weighted by atomic mass is 9.86. The summed E-state index contributed by atoms with van der Waals surface area (Å²) in [7, 11) is -1.45. The number of methoxy groups -OCH3 is 1. The third-order valence-corrected chi connectivity index (χ3v) is 9.73. The normalized spacial score (nSPS) is 23.7. The minimum Gasteiger partial charge on any atom is -0.490 e. The van der Waals surface area contributed by atoms with Crippen molar-refractivity contribution in [1.29, 1.82) is 0 Å². The number of piperidine rings is 1. The molecule has 0 bridgehead atoms. The van der Waals surface area contributed by atoms with Crippen molar-refractivity contribution in [1.82, 2.24) is 15.0 Å². The number of halogens is 1. The van der Waals surface area contributed by atoms with Crippen molar-refractivity contribution in [3.63, 3.8) is 0 Å². The van der Waals surface area contributed by atoms with E-state index in [1.165, 1.54) is 0 Å². The number of anilines is 1. The van der Waals surface area contributed by atoms with E-state index in [1.807, 2.05) is 29.3 Å². The van der Waals surface area contributed by atoms with Crippen LogP contribution in [0.25, 0.3) is 0 Å². The highest BCUT2D eigenvalue weighted by Crippen LogP contribution is 2.48. The highest BCUT2D eigenvalue weighted by Gasteiger charge is 2.47. The molecule has 0 radical (unpaired) electrons. The molecular formula is C25H37FN4O4Si. The van der Waals surface area contributed by atoms with Crippen molar-refractivity contribution in [2.24, 2.45) is 5.92 Å². The van der Waals surface area contributed by atoms with E-state index in [-0.39, 0.29) is 36.2 Å². The fourth-order valence-corrected chi connectivity index (χ4v) is 7.43. The molecule has 4 atom stereocenters. The number of aliphatic hydroxyl groups is 1. The Balaban J connectivity index is 1.57. The maximum Gasteiger partial charge on any atom is 0.247 e. The van der Waals surface area contributed by atoms with E-state index < -0.39 is 8.41 Å². The second-order valence-electron chi connectivity index (χ2n) is 10.2. The zero-order chi connectivity index (χ0) is 25.2. The topological polar surface area (TPSA) is 89.7 Å². The number of amides is 1. The van der Waals surface area contributed by atoms with Crippen LogP contribution in [0.15, 0.2) is 24.4 Å². The summed E-state index contributed by atoms with van der Waals surface area (Å²) in [6.07, 6.45) is 4.73. The van der Waals surface area contributed by atoms with Gasteiger partial charge in [-0.3, -0.25) is 9.48 Å². The van der Waals surface area contributed by atoms with E-state index in [4.69, 9.17) is 14.6 Å². The van der Waals surface area contributed by atoms with E-state index in [0.29, 0.717) is 31.6 Å². The van der Waals surface area contributed by atoms with Gasteiger partial charge in [0.2, 0.25) is 14.3 Å². The third-order valence-electron chi connectivity index (χ3n) is 7.35. The first-order valence-electron chi connectivity index (χ1n) is 12.6. The van der Waals surface area contributed by atoms with Crippen LogP contribution in [-0.2, 0) is 22.5 Å². The first-order valence-corrected chi connectivity index (χ1v) is 15.5. The molecule has 1 unspecified atom stereocenters. The lowest BCUT2D eigenvalue weighted by Gasteiger charge is -2.43. The number of rotatable bonds is 9. The number of carbonyl (C=O) groups is 1. The number of aryl methyl sites for hydroxylation is 1. The number of aromatic nitrogens is 3. The van der Waals surface area contributed by atoms with Crippen LogP contribution in [0, 0.1) is 5.92 Å². The summed E-state index contributed by atoms with van der Waals surface area (Å²) in [4.78, 5) is 14.3. The molecule has 192 valence electrons. The van der Waals surface area contributed by atoms with Crippen LogP contribution >= 0.6 is 0 Å². The van der Waals surface area contributed by atoms with Crippen molar-refractivity contribution in [2.45, 2.75) is 76.4 Å². The van der Waals surface area contributed by atoms with Gasteiger partial charge in [-0.15, -0.1) is 5.10 Å². The van der Waals surface area contributed by atoms with Gasteiger partial charge in [0.1, 0.15) is 11.9 Å². The van der Waals surface area contributed by atoms with Gasteiger partial charge in [-0.2, -0.15) is 0 Å². The van der Waals surface area contributed by atoms with E-state index in [0.717, 1.165) is 36.3 Å². The largest absolute Gasteiger partial charge is 0.490 e. The van der Waals surface area contributed by atoms with Crippen LogP contribution in [0.5, 0.6) is 5.75 Å². The average Bonchev–Trinajstić information content (AvgIpc) is 3.26. The summed E-state index contributed by atoms with van der Waals surface area (Å²) in [5.41, 5.74) is 2.22. The second kappa shape index (κ2) is 10.8. The number of nitrogens with zero attached hydrogens (tertiary/aromatic N) is 4. The monoisotopic (exact) mass is 504 g/mol. The summed E-state index contributed by atoms with van der Waals surface area (Å²) < 4.78 is 29.9. The summed E-state index contributed by atoms with van der Waals surface area (Å²) in [5.74, 6) is 0.767. The van der Waals surface area contributed by atoms with Gasteiger partial charge in [0.25, 0.3) is 0 Å². The number of hydrogen-bond acceptors (Lipinski definition) is 6. The van der Waals surface area contributed by atoms with Gasteiger partial charge >= 0.3 is 0 Å². The third kappa shape index (κ3) is 5.59. The molecular weight excluding hydrogens is 467 g/mol. The van der Waals surface area contributed by atoms with Crippen molar-refractivity contribution in [3.05, 3.63) is 35.7 Å². The zero-order valence-corrected chi connectivity index (χ0v) is 22.1. The number of ether oxygens (including phenoxy) is 2. The summed E-state index contributed by atoms with van der Waals surface area (Å²) >= 11 is 0. The Morgan fingerprint density at radius 1 is 1.34 bits per heavy atom. The number of hydrogen-bond donors (Lipinski definition) is 1. The van der Waals surface area contributed by atoms with Gasteiger partial charge in [0.15, 0.2) is 0 Å². The molecule has 0 spiro atoms. The van der Waals surface area contributed by atoms with Crippen LogP contribution in [0.2, 0.25) is 18.6 Å². The van der Waals surface area contributed by atoms with Crippen LogP contribution in [0.3, 0.4) is 0 Å². The van der Waals surface area contributed by atoms with Crippen molar-refractivity contribution < 1.29 is 23.5 Å². The molecule has 10 heteroatoms. The Morgan fingerprint density at radius 3 is 2.83 bits per heavy atom. The molecule has 1 aromatic carbocycles. The van der Waals surface area contributed by atoms with Gasteiger partial charge in [0.05, 0.1) is 11.8 Å². The molecule has 2 aliphatic heterocycles. The molecule has 1 aromatic heterocycles. The molecule has 3 heterocycles. The molecule has 35 heavy (non-hydrogen) atoms. The van der Waals surface area contributed by atoms with E-state index in [1.54, 1.807) is 24.9 Å². The highest BCUT2D eigenvalue weighted by atomic mass is 28.4. The predicted molar refractivity (Wildman–Crippen MR) is 134 cm³/mol. The molecule has 1 fully saturated rings. The fraction of sp³-hybridized carbons (Fsp3) is 0.640. The summed E-state index contributed by atoms with van der Waals surface area (Å²) in [6, 6.07) is 5.83. The van der Waals surface area contributed by atoms with Gasteiger partial charge in [-0.05, 0) is 50.6 Å². The summed E-state index contributed by atoms with van der Waals surface area (Å²) in [5, 5.41) is 17.3. The zero-order valence-electron chi connectivity index (χ0n) is 21.1. The molecule has 1 saturated heterocycles. The van der Waals surface area contributed by atoms with Gasteiger partial charge in [0, 0.05) is 68.6 Å². The SMILES string of the molecule is CO[C@@H]1c2cc(N3CCCCC3=O)ccc2O[C@H](C(CCn2cc(CCO)nn2)[Si](C)(C)F)[C@H]1C. The maximum absolute atomic E-state index is 15.7. The Hall–Kier alpha value is -2.30. The number of benzene rings is 1. The smallest absolute Gasteiger partial charge is 0.247 e. The van der Waals surface area contributed by atoms with Crippen LogP contribution < -0.4 is 9.64 Å². The highest BCUT2D eigenvalue weighted by molar-refractivity contribution is 6.72. The molecule has 2 aromatic rings. The van der Waals surface area contributed by atoms with Crippen molar-refractivity contribution in [2.75, 3.05) is 25.2 Å². The van der Waals surface area contributed by atoms with Crippen molar-refractivity contribution >= 4 is 20.0 Å². The number of fused-ring (bicyclic) bond motifs is 1. The lowest BCUT2D eigenvalue weighted by Crippen LogP contribution is -2.46. The molecule has 8 nitrogen and oxygen atoms in total. The van der Waals surface area contributed by atoms with E-state index in [9.17, 15) is 4.79 Å². The van der Waals surface area contributed by atoms with E-state index in [2.05, 4.69) is 17.2 Å².